The quantitative estimate of drug-likeness (QED) is 0.471. The minimum Gasteiger partial charge on any atom is -0.331 e. The Hall–Kier alpha value is -1.90. The average molecular weight is 276 g/mol. The number of methoxy groups -OCH3 is 1. The van der Waals surface area contributed by atoms with Crippen LogP contribution in [0.5, 0.6) is 0 Å². The van der Waals surface area contributed by atoms with E-state index >= 15 is 0 Å². The standard InChI is InChI=1S/C15H20N2O3/c1-14(2,3)19-15(4,18-5)20-17-13(11-16)12-9-7-6-8-10-12/h6-10H,1-5H3/b17-13-. The summed E-state index contributed by atoms with van der Waals surface area (Å²) in [6.07, 6.45) is 0. The Kier molecular flexibility index (Phi) is 5.26. The SMILES string of the molecule is COC(C)(O/N=C(/C#N)c1ccccc1)OC(C)(C)C. The number of rotatable bonds is 5. The van der Waals surface area contributed by atoms with Crippen molar-refractivity contribution in [2.75, 3.05) is 7.11 Å². The zero-order valence-electron chi connectivity index (χ0n) is 12.5. The number of hydrogen-bond donors (Lipinski definition) is 0. The van der Waals surface area contributed by atoms with Crippen LogP contribution in [0.25, 0.3) is 0 Å². The van der Waals surface area contributed by atoms with Gasteiger partial charge in [-0.25, -0.2) is 0 Å². The molecule has 1 aromatic carbocycles. The maximum absolute atomic E-state index is 9.14. The molecule has 0 aromatic heterocycles. The molecule has 0 heterocycles. The second-order valence-electron chi connectivity index (χ2n) is 5.29. The molecule has 0 N–H and O–H groups in total. The summed E-state index contributed by atoms with van der Waals surface area (Å²) in [4.78, 5) is 5.28. The van der Waals surface area contributed by atoms with Gasteiger partial charge in [-0.05, 0) is 20.8 Å². The Morgan fingerprint density at radius 1 is 1.15 bits per heavy atom. The molecule has 0 radical (unpaired) electrons. The summed E-state index contributed by atoms with van der Waals surface area (Å²) in [5.74, 6) is -1.35. The summed E-state index contributed by atoms with van der Waals surface area (Å²) in [7, 11) is 1.45. The number of benzene rings is 1. The van der Waals surface area contributed by atoms with Crippen molar-refractivity contribution in [2.24, 2.45) is 5.16 Å². The van der Waals surface area contributed by atoms with E-state index in [4.69, 9.17) is 19.6 Å². The molecule has 0 bridgehead atoms. The fourth-order valence-corrected chi connectivity index (χ4v) is 1.52. The first kappa shape index (κ1) is 16.2. The van der Waals surface area contributed by atoms with Crippen LogP contribution in [-0.4, -0.2) is 24.4 Å². The van der Waals surface area contributed by atoms with Crippen molar-refractivity contribution < 1.29 is 14.3 Å². The van der Waals surface area contributed by atoms with Crippen LogP contribution in [0.1, 0.15) is 33.3 Å². The van der Waals surface area contributed by atoms with E-state index < -0.39 is 11.6 Å². The molecule has 1 aromatic rings. The van der Waals surface area contributed by atoms with Crippen molar-refractivity contribution in [3.8, 4) is 6.07 Å². The molecule has 5 nitrogen and oxygen atoms in total. The number of ether oxygens (including phenoxy) is 2. The molecule has 1 rings (SSSR count). The molecule has 1 unspecified atom stereocenters. The lowest BCUT2D eigenvalue weighted by atomic mass is 10.1. The second kappa shape index (κ2) is 6.51. The lowest BCUT2D eigenvalue weighted by Gasteiger charge is -2.32. The fraction of sp³-hybridized carbons (Fsp3) is 0.467. The van der Waals surface area contributed by atoms with Crippen molar-refractivity contribution in [3.05, 3.63) is 35.9 Å². The summed E-state index contributed by atoms with van der Waals surface area (Å²) >= 11 is 0. The number of oxime groups is 1. The van der Waals surface area contributed by atoms with Gasteiger partial charge in [0.15, 0.2) is 5.71 Å². The molecular weight excluding hydrogens is 256 g/mol. The van der Waals surface area contributed by atoms with E-state index in [-0.39, 0.29) is 5.71 Å². The normalized spacial score (nSPS) is 15.3. The van der Waals surface area contributed by atoms with Gasteiger partial charge in [-0.15, -0.1) is 0 Å². The molecule has 0 saturated heterocycles. The van der Waals surface area contributed by atoms with Crippen LogP contribution in [0.2, 0.25) is 0 Å². The Balaban J connectivity index is 2.90. The Morgan fingerprint density at radius 2 is 1.75 bits per heavy atom. The molecule has 0 amide bonds. The van der Waals surface area contributed by atoms with Gasteiger partial charge in [-0.3, -0.25) is 0 Å². The maximum atomic E-state index is 9.14. The molecule has 0 fully saturated rings. The summed E-state index contributed by atoms with van der Waals surface area (Å²) < 4.78 is 10.8. The van der Waals surface area contributed by atoms with E-state index in [0.717, 1.165) is 0 Å². The van der Waals surface area contributed by atoms with Gasteiger partial charge in [-0.2, -0.15) is 5.26 Å². The van der Waals surface area contributed by atoms with Crippen LogP contribution in [0.3, 0.4) is 0 Å². The molecule has 20 heavy (non-hydrogen) atoms. The minimum atomic E-state index is -1.35. The first-order valence-electron chi connectivity index (χ1n) is 6.27. The van der Waals surface area contributed by atoms with E-state index in [1.807, 2.05) is 45.0 Å². The van der Waals surface area contributed by atoms with Crippen LogP contribution < -0.4 is 0 Å². The van der Waals surface area contributed by atoms with Crippen molar-refractivity contribution in [3.63, 3.8) is 0 Å². The molecule has 108 valence electrons. The first-order valence-corrected chi connectivity index (χ1v) is 6.27. The zero-order chi connectivity index (χ0) is 15.2. The summed E-state index contributed by atoms with van der Waals surface area (Å²) in [6, 6.07) is 11.1. The zero-order valence-corrected chi connectivity index (χ0v) is 12.5. The third-order valence-electron chi connectivity index (χ3n) is 2.32. The van der Waals surface area contributed by atoms with Gasteiger partial charge in [0.05, 0.1) is 5.60 Å². The fourth-order valence-electron chi connectivity index (χ4n) is 1.52. The van der Waals surface area contributed by atoms with Gasteiger partial charge in [0, 0.05) is 19.6 Å². The summed E-state index contributed by atoms with van der Waals surface area (Å²) in [5.41, 5.74) is 0.357. The second-order valence-corrected chi connectivity index (χ2v) is 5.29. The van der Waals surface area contributed by atoms with Gasteiger partial charge >= 0.3 is 5.97 Å². The summed E-state index contributed by atoms with van der Waals surface area (Å²) in [6.45, 7) is 7.22. The van der Waals surface area contributed by atoms with Crippen molar-refractivity contribution in [1.29, 1.82) is 5.26 Å². The predicted octanol–water partition coefficient (Wildman–Crippen LogP) is 3.07. The molecule has 0 spiro atoms. The highest BCUT2D eigenvalue weighted by atomic mass is 16.9. The highest BCUT2D eigenvalue weighted by molar-refractivity contribution is 6.11. The van der Waals surface area contributed by atoms with E-state index in [2.05, 4.69) is 5.16 Å². The van der Waals surface area contributed by atoms with Crippen LogP contribution in [0, 0.1) is 11.3 Å². The Labute approximate surface area is 119 Å². The third kappa shape index (κ3) is 5.00. The largest absolute Gasteiger partial charge is 0.347 e. The number of nitrogens with zero attached hydrogens (tertiary/aromatic N) is 2. The lowest BCUT2D eigenvalue weighted by Crippen LogP contribution is -2.40. The van der Waals surface area contributed by atoms with E-state index in [1.165, 1.54) is 7.11 Å². The van der Waals surface area contributed by atoms with Gasteiger partial charge in [0.25, 0.3) is 0 Å². The molecule has 5 heteroatoms. The first-order chi connectivity index (χ1) is 9.29. The maximum Gasteiger partial charge on any atom is 0.347 e. The minimum absolute atomic E-state index is 0.159. The molecule has 1 atom stereocenters. The van der Waals surface area contributed by atoms with Crippen molar-refractivity contribution in [1.82, 2.24) is 0 Å². The van der Waals surface area contributed by atoms with Gasteiger partial charge in [0.2, 0.25) is 0 Å². The van der Waals surface area contributed by atoms with E-state index in [9.17, 15) is 0 Å². The average Bonchev–Trinajstić information content (AvgIpc) is 2.39. The van der Waals surface area contributed by atoms with Crippen LogP contribution >= 0.6 is 0 Å². The van der Waals surface area contributed by atoms with Gasteiger partial charge in [0.1, 0.15) is 6.07 Å². The molecular formula is C15H20N2O3. The molecule has 0 aliphatic rings. The Morgan fingerprint density at radius 3 is 2.20 bits per heavy atom. The topological polar surface area (TPSA) is 63.8 Å². The number of hydrogen-bond acceptors (Lipinski definition) is 5. The van der Waals surface area contributed by atoms with Crippen LogP contribution in [0.15, 0.2) is 35.5 Å². The van der Waals surface area contributed by atoms with Crippen molar-refractivity contribution in [2.45, 2.75) is 39.3 Å². The molecule has 0 aliphatic heterocycles. The van der Waals surface area contributed by atoms with Gasteiger partial charge < -0.3 is 14.3 Å². The van der Waals surface area contributed by atoms with Gasteiger partial charge in [-0.1, -0.05) is 35.5 Å². The van der Waals surface area contributed by atoms with Crippen LogP contribution in [0.4, 0.5) is 0 Å². The highest BCUT2D eigenvalue weighted by Crippen LogP contribution is 2.22. The monoisotopic (exact) mass is 276 g/mol. The lowest BCUT2D eigenvalue weighted by molar-refractivity contribution is -0.388. The van der Waals surface area contributed by atoms with Crippen LogP contribution in [-0.2, 0) is 14.3 Å². The smallest absolute Gasteiger partial charge is 0.331 e. The summed E-state index contributed by atoms with van der Waals surface area (Å²) in [5, 5.41) is 13.0. The van der Waals surface area contributed by atoms with Crippen molar-refractivity contribution >= 4 is 5.71 Å². The predicted molar refractivity (Wildman–Crippen MR) is 75.9 cm³/mol. The third-order valence-corrected chi connectivity index (χ3v) is 2.32. The molecule has 0 saturated carbocycles. The highest BCUT2D eigenvalue weighted by Gasteiger charge is 2.33. The molecule has 0 aliphatic carbocycles. The number of nitriles is 1. The Bertz CT molecular complexity index is 500. The van der Waals surface area contributed by atoms with E-state index in [0.29, 0.717) is 5.56 Å². The van der Waals surface area contributed by atoms with E-state index in [1.54, 1.807) is 19.1 Å².